The zero-order valence-electron chi connectivity index (χ0n) is 99.5. The third-order valence-electron chi connectivity index (χ3n) is 51.9. The molecule has 0 bridgehead atoms. The molecule has 0 saturated heterocycles. The molecule has 11 heteroatoms. The Morgan fingerprint density at radius 3 is 0.966 bits per heavy atom. The SMILES string of the molecule is CC(C)CCC[C@](C)(O)[C@H]1CCC2C3CC=C4CC(=O)CC[C@]4(C)C3CC[C@@]21C.CC(C)CCC[C@](C)(O)[C@H]1CCC2C3CC=C4C[C@H](O)CC[C@]4(C)C3CC[C@@]21C.CC(C)CCC[C@](C)(O)[C@H]1CCC2C3CCC4=CC(=O)CC[C@]4(C)C3CC[C@@]21C.CC(C)CC[C@@H](O)[C@](C)(O)[C@H]1CC[C@H]2[C@@H]3CC=C4C[C@@H](O)CC[C@]4(C)[C@H]3CC[C@]12C.C[C@]12CC[C@H]3[C@@H](CC=C4C[C@@H](O)CC[C@@]43C)[C@@H]1CC[C@@H]2[C@@](C)(O)CCCc1ccccc1. The Labute approximate surface area is 910 Å². The van der Waals surface area contributed by atoms with Crippen molar-refractivity contribution in [3.05, 3.63) is 94.1 Å². The van der Waals surface area contributed by atoms with Gasteiger partial charge in [0.05, 0.1) is 52.4 Å². The molecule has 15 fully saturated rings. The predicted octanol–water partition coefficient (Wildman–Crippen LogP) is 32.1. The smallest absolute Gasteiger partial charge is 0.155 e. The molecule has 9 N–H and O–H groups in total. The number of fused-ring (bicyclic) bond motifs is 25. The molecule has 15 saturated carbocycles. The molecule has 1 aromatic carbocycles. The second-order valence-corrected chi connectivity index (χ2v) is 62.1. The fourth-order valence-corrected chi connectivity index (χ4v) is 43.6. The molecule has 9 unspecified atom stereocenters. The molecule has 11 nitrogen and oxygen atoms in total. The molecule has 21 rings (SSSR count). The zero-order valence-corrected chi connectivity index (χ0v) is 99.5. The summed E-state index contributed by atoms with van der Waals surface area (Å²) >= 11 is 0. The van der Waals surface area contributed by atoms with Crippen molar-refractivity contribution >= 4 is 11.6 Å². The largest absolute Gasteiger partial charge is 0.393 e. The van der Waals surface area contributed by atoms with Gasteiger partial charge in [0.25, 0.3) is 0 Å². The molecule has 149 heavy (non-hydrogen) atoms. The highest BCUT2D eigenvalue weighted by molar-refractivity contribution is 5.91. The number of aliphatic hydroxyl groups is 9. The van der Waals surface area contributed by atoms with Gasteiger partial charge in [0.2, 0.25) is 0 Å². The normalized spacial score (nSPS) is 44.7. The maximum Gasteiger partial charge on any atom is 0.155 e. The lowest BCUT2D eigenvalue weighted by atomic mass is 9.46. The Morgan fingerprint density at radius 2 is 0.611 bits per heavy atom. The molecule has 20 aliphatic rings. The standard InChI is InChI=1S/C30H44O2.C27H46O3.C27H46O2.2C27H44O2/c1-28-18-15-23(31)20-22(28)11-12-24-25-13-14-27(29(25,2)19-16-26(24)28)30(3,32)17-7-10-21-8-5-4-6-9-21;1-17(2)6-11-24(29)27(5,30)23-10-9-21-20-8-7-18-16-19(28)12-14-25(18,3)22(20)13-15-26(21,23)4;3*1-18(2)7-6-14-27(5,29)24-11-10-22-21-9-8-19-17-20(28)12-15-25(19,3)23(21)13-16-26(22,24)4/h4-6,8-9,11,23-27,31-32H,7,10,12-20H2,1-3H3;7,17,19-24,28-30H,6,8-16H2,1-5H3;8,18,20-24,28-29H,6-7,9-17H2,1-5H3;17-18,21-24,29H,6-16H2,1-5H3;8,18,21-24,29H,6-7,9-17H2,1-5H3/t23-,24-,25-,26-,27-,28-,29-,30-;19-,20-,21-,22-,23-,24+,25-,26-,27+;20-,21?,22?,23?,24+,25+,26+,27+;2*21?,22?,23?,24-,25-,26-,27-/m00100/s1. The molecule has 39 atom stereocenters. The number of hydrogen-bond acceptors (Lipinski definition) is 11. The van der Waals surface area contributed by atoms with E-state index in [0.29, 0.717) is 81.1 Å². The quantitative estimate of drug-likeness (QED) is 0.0420. The zero-order chi connectivity index (χ0) is 108. The first-order valence-corrected chi connectivity index (χ1v) is 63.9. The third kappa shape index (κ3) is 22.3. The number of ketones is 2. The van der Waals surface area contributed by atoms with Crippen LogP contribution in [-0.2, 0) is 16.0 Å². The van der Waals surface area contributed by atoms with Crippen LogP contribution in [0.3, 0.4) is 0 Å². The van der Waals surface area contributed by atoms with Crippen molar-refractivity contribution in [2.75, 3.05) is 0 Å². The Hall–Kier alpha value is -3.10. The van der Waals surface area contributed by atoms with E-state index in [1.54, 1.807) is 11.1 Å². The molecular formula is C138H224O11. The van der Waals surface area contributed by atoms with Crippen molar-refractivity contribution in [3.8, 4) is 0 Å². The number of allylic oxidation sites excluding steroid dienone is 6. The van der Waals surface area contributed by atoms with E-state index >= 15 is 0 Å². The molecule has 0 aliphatic heterocycles. The second-order valence-electron chi connectivity index (χ2n) is 62.1. The van der Waals surface area contributed by atoms with E-state index in [9.17, 15) is 55.5 Å². The van der Waals surface area contributed by atoms with E-state index < -0.39 is 34.1 Å². The lowest BCUT2D eigenvalue weighted by Gasteiger charge is -2.59. The minimum Gasteiger partial charge on any atom is -0.393 e. The van der Waals surface area contributed by atoms with Crippen LogP contribution >= 0.6 is 0 Å². The molecule has 0 aromatic heterocycles. The van der Waals surface area contributed by atoms with Crippen molar-refractivity contribution in [1.29, 1.82) is 0 Å². The molecule has 0 amide bonds. The van der Waals surface area contributed by atoms with Crippen LogP contribution in [0.1, 0.15) is 505 Å². The van der Waals surface area contributed by atoms with Gasteiger partial charge in [0.15, 0.2) is 5.78 Å². The molecule has 0 heterocycles. The van der Waals surface area contributed by atoms with Crippen LogP contribution in [0.15, 0.2) is 88.6 Å². The fraction of sp³-hybridized carbons (Fsp3) is 0.870. The molecule has 0 radical (unpaired) electrons. The molecule has 0 spiro atoms. The van der Waals surface area contributed by atoms with Gasteiger partial charge in [-0.2, -0.15) is 0 Å². The summed E-state index contributed by atoms with van der Waals surface area (Å²) in [5.41, 5.74) is 8.53. The highest BCUT2D eigenvalue weighted by atomic mass is 16.3. The van der Waals surface area contributed by atoms with E-state index in [1.807, 2.05) is 13.0 Å². The van der Waals surface area contributed by atoms with Gasteiger partial charge in [0, 0.05) is 19.3 Å². The highest BCUT2D eigenvalue weighted by Crippen LogP contribution is 2.76. The summed E-state index contributed by atoms with van der Waals surface area (Å²) < 4.78 is 0. The number of carbonyl (C=O) groups excluding carboxylic acids is 2. The number of benzene rings is 1. The summed E-state index contributed by atoms with van der Waals surface area (Å²) in [6.07, 6.45) is 71.2. The van der Waals surface area contributed by atoms with Gasteiger partial charge in [-0.15, -0.1) is 0 Å². The summed E-state index contributed by atoms with van der Waals surface area (Å²) in [6.45, 7) is 53.6. The number of rotatable bonds is 25. The first-order chi connectivity index (χ1) is 70.0. The van der Waals surface area contributed by atoms with Crippen molar-refractivity contribution in [3.63, 3.8) is 0 Å². The van der Waals surface area contributed by atoms with Crippen LogP contribution < -0.4 is 0 Å². The molecular weight excluding hydrogens is 1830 g/mol. The topological polar surface area (TPSA) is 216 Å². The van der Waals surface area contributed by atoms with Gasteiger partial charge in [-0.25, -0.2) is 0 Å². The molecule has 1 aromatic rings. The first kappa shape index (κ1) is 117. The van der Waals surface area contributed by atoms with Crippen LogP contribution in [-0.4, -0.2) is 110 Å². The van der Waals surface area contributed by atoms with Crippen LogP contribution in [0, 0.1) is 196 Å². The molecule has 20 aliphatic carbocycles. The second kappa shape index (κ2) is 44.8. The minimum absolute atomic E-state index is 0.114. The Morgan fingerprint density at radius 1 is 0.309 bits per heavy atom. The van der Waals surface area contributed by atoms with E-state index in [0.717, 1.165) is 262 Å². The first-order valence-electron chi connectivity index (χ1n) is 63.9. The lowest BCUT2D eigenvalue weighted by Crippen LogP contribution is -2.55. The molecule has 842 valence electrons. The van der Waals surface area contributed by atoms with Crippen LogP contribution in [0.5, 0.6) is 0 Å². The number of aryl methyl sites for hydroxylation is 1. The van der Waals surface area contributed by atoms with Gasteiger partial charge in [-0.05, 0) is 531 Å². The number of carbonyl (C=O) groups is 2. The Bertz CT molecular complexity index is 4880. The number of Topliss-reactive ketones (excluding diaryl/α,β-unsaturated/α-hetero) is 1. The van der Waals surface area contributed by atoms with Gasteiger partial charge < -0.3 is 46.0 Å². The maximum absolute atomic E-state index is 12.1. The monoisotopic (exact) mass is 2060 g/mol. The van der Waals surface area contributed by atoms with Gasteiger partial charge in [-0.3, -0.25) is 9.59 Å². The third-order valence-corrected chi connectivity index (χ3v) is 51.9. The minimum atomic E-state index is -1.00. The average Bonchev–Trinajstić information content (AvgIpc) is 1.76. The van der Waals surface area contributed by atoms with Crippen molar-refractivity contribution < 1.29 is 55.5 Å². The summed E-state index contributed by atoms with van der Waals surface area (Å²) in [5.74, 6) is 16.7. The van der Waals surface area contributed by atoms with Crippen LogP contribution in [0.4, 0.5) is 0 Å². The van der Waals surface area contributed by atoms with E-state index in [1.165, 1.54) is 196 Å². The van der Waals surface area contributed by atoms with Gasteiger partial charge >= 0.3 is 0 Å². The van der Waals surface area contributed by atoms with Crippen molar-refractivity contribution in [2.45, 2.75) is 558 Å². The van der Waals surface area contributed by atoms with Crippen molar-refractivity contribution in [1.82, 2.24) is 0 Å². The summed E-state index contributed by atoms with van der Waals surface area (Å²) in [7, 11) is 0. The van der Waals surface area contributed by atoms with Crippen LogP contribution in [0.2, 0.25) is 0 Å². The average molecular weight is 2060 g/mol. The number of hydrogen-bond donors (Lipinski definition) is 9. The highest BCUT2D eigenvalue weighted by Gasteiger charge is 2.69. The number of aliphatic hydroxyl groups excluding tert-OH is 4. The van der Waals surface area contributed by atoms with E-state index in [2.05, 4.69) is 207 Å². The Kier molecular flexibility index (Phi) is 35.1. The maximum atomic E-state index is 12.1. The summed E-state index contributed by atoms with van der Waals surface area (Å²) in [5, 5.41) is 99.6. The fourth-order valence-electron chi connectivity index (χ4n) is 43.6. The van der Waals surface area contributed by atoms with Gasteiger partial charge in [-0.1, -0.05) is 246 Å². The summed E-state index contributed by atoms with van der Waals surface area (Å²) in [4.78, 5) is 24.1. The summed E-state index contributed by atoms with van der Waals surface area (Å²) in [6, 6.07) is 10.7. The van der Waals surface area contributed by atoms with Crippen molar-refractivity contribution in [2.24, 2.45) is 196 Å². The van der Waals surface area contributed by atoms with Gasteiger partial charge in [0.1, 0.15) is 5.78 Å². The van der Waals surface area contributed by atoms with E-state index in [-0.39, 0.29) is 56.7 Å². The van der Waals surface area contributed by atoms with Crippen LogP contribution in [0.25, 0.3) is 0 Å². The van der Waals surface area contributed by atoms with E-state index in [4.69, 9.17) is 0 Å². The predicted molar refractivity (Wildman–Crippen MR) is 613 cm³/mol. The lowest BCUT2D eigenvalue weighted by molar-refractivity contribution is -0.151. The Balaban J connectivity index is 0.000000127.